The van der Waals surface area contributed by atoms with Crippen molar-refractivity contribution >= 4 is 23.0 Å². The number of aromatic nitrogens is 3. The summed E-state index contributed by atoms with van der Waals surface area (Å²) in [5.74, 6) is -0.686. The fourth-order valence-electron chi connectivity index (χ4n) is 4.18. The average molecular weight is 488 g/mol. The van der Waals surface area contributed by atoms with Gasteiger partial charge in [0.05, 0.1) is 16.3 Å². The first-order valence-electron chi connectivity index (χ1n) is 11.0. The van der Waals surface area contributed by atoms with Crippen LogP contribution in [0.2, 0.25) is 0 Å². The third-order valence-electron chi connectivity index (χ3n) is 6.04. The molecule has 0 bridgehead atoms. The van der Waals surface area contributed by atoms with Gasteiger partial charge in [-0.25, -0.2) is 13.8 Å². The zero-order valence-corrected chi connectivity index (χ0v) is 19.3. The lowest BCUT2D eigenvalue weighted by molar-refractivity contribution is -0.134. The van der Waals surface area contributed by atoms with Crippen molar-refractivity contribution in [1.29, 1.82) is 0 Å². The van der Waals surface area contributed by atoms with Crippen LogP contribution in [0, 0.1) is 11.6 Å². The lowest BCUT2D eigenvalue weighted by atomic mass is 9.97. The summed E-state index contributed by atoms with van der Waals surface area (Å²) in [6.07, 6.45) is 2.81. The zero-order valence-electron chi connectivity index (χ0n) is 18.5. The van der Waals surface area contributed by atoms with Crippen LogP contribution in [-0.2, 0) is 16.7 Å². The van der Waals surface area contributed by atoms with Crippen molar-refractivity contribution < 1.29 is 23.1 Å². The van der Waals surface area contributed by atoms with E-state index in [-0.39, 0.29) is 30.4 Å². The number of thiazole rings is 1. The number of aryl methyl sites for hydroxylation is 1. The summed E-state index contributed by atoms with van der Waals surface area (Å²) < 4.78 is 35.2. The Kier molecular flexibility index (Phi) is 6.27. The third-order valence-corrected chi connectivity index (χ3v) is 7.04. The Morgan fingerprint density at radius 2 is 2.00 bits per heavy atom. The number of nitrogens with zero attached hydrogens (tertiary/aromatic N) is 5. The number of hydrogen-bond acceptors (Lipinski definition) is 7. The molecule has 1 fully saturated rings. The average Bonchev–Trinajstić information content (AvgIpc) is 3.58. The number of oxime groups is 1. The van der Waals surface area contributed by atoms with Gasteiger partial charge in [-0.1, -0.05) is 11.2 Å². The number of halogens is 2. The fourth-order valence-corrected chi connectivity index (χ4v) is 5.18. The Bertz CT molecular complexity index is 1200. The molecule has 2 aliphatic rings. The van der Waals surface area contributed by atoms with Crippen molar-refractivity contribution in [2.45, 2.75) is 31.3 Å². The molecule has 0 saturated carbocycles. The molecule has 1 atom stereocenters. The van der Waals surface area contributed by atoms with Gasteiger partial charge in [-0.05, 0) is 25.0 Å². The first-order valence-corrected chi connectivity index (χ1v) is 11.9. The molecule has 1 unspecified atom stereocenters. The number of rotatable bonds is 6. The van der Waals surface area contributed by atoms with E-state index in [1.165, 1.54) is 29.5 Å². The van der Waals surface area contributed by atoms with Gasteiger partial charge in [-0.2, -0.15) is 0 Å². The van der Waals surface area contributed by atoms with E-state index in [0.29, 0.717) is 30.4 Å². The first kappa shape index (κ1) is 22.5. The van der Waals surface area contributed by atoms with E-state index in [4.69, 9.17) is 14.6 Å². The lowest BCUT2D eigenvalue weighted by Gasteiger charge is -2.31. The molecular weight excluding hydrogens is 464 g/mol. The maximum Gasteiger partial charge on any atom is 0.260 e. The summed E-state index contributed by atoms with van der Waals surface area (Å²) in [6, 6.07) is 5.46. The van der Waals surface area contributed by atoms with Gasteiger partial charge in [-0.15, -0.1) is 16.4 Å². The second kappa shape index (κ2) is 9.49. The predicted octanol–water partition coefficient (Wildman–Crippen LogP) is 3.81. The second-order valence-corrected chi connectivity index (χ2v) is 9.20. The molecule has 1 saturated heterocycles. The minimum absolute atomic E-state index is 0.0350. The first-order chi connectivity index (χ1) is 16.5. The topological polar surface area (TPSA) is 81.8 Å². The van der Waals surface area contributed by atoms with Crippen LogP contribution in [0.4, 0.5) is 8.78 Å². The minimum Gasteiger partial charge on any atom is -0.467 e. The lowest BCUT2D eigenvalue weighted by Crippen LogP contribution is -2.40. The van der Waals surface area contributed by atoms with Crippen LogP contribution in [0.1, 0.15) is 47.5 Å². The SMILES string of the molecule is Cn1ccc(OCC(=O)N2CCC(c3nc(C4=NOC(c5c(F)cccc5F)C4)cs3)CC2)n1. The zero-order chi connectivity index (χ0) is 23.7. The highest BCUT2D eigenvalue weighted by atomic mass is 32.1. The molecule has 8 nitrogen and oxygen atoms in total. The van der Waals surface area contributed by atoms with E-state index in [0.717, 1.165) is 17.8 Å². The fraction of sp³-hybridized carbons (Fsp3) is 0.391. The van der Waals surface area contributed by atoms with E-state index in [2.05, 4.69) is 10.3 Å². The molecule has 1 amide bonds. The van der Waals surface area contributed by atoms with Crippen LogP contribution in [0.3, 0.4) is 0 Å². The molecule has 0 aliphatic carbocycles. The molecule has 1 aromatic carbocycles. The largest absolute Gasteiger partial charge is 0.467 e. The summed E-state index contributed by atoms with van der Waals surface area (Å²) in [4.78, 5) is 24.3. The van der Waals surface area contributed by atoms with Crippen molar-refractivity contribution in [1.82, 2.24) is 19.7 Å². The smallest absolute Gasteiger partial charge is 0.260 e. The van der Waals surface area contributed by atoms with E-state index in [1.54, 1.807) is 28.9 Å². The number of amides is 1. The third kappa shape index (κ3) is 4.65. The number of hydrogen-bond donors (Lipinski definition) is 0. The van der Waals surface area contributed by atoms with Crippen LogP contribution >= 0.6 is 11.3 Å². The summed E-state index contributed by atoms with van der Waals surface area (Å²) in [7, 11) is 1.79. The normalized spacial score (nSPS) is 18.6. The molecule has 2 aliphatic heterocycles. The van der Waals surface area contributed by atoms with Gasteiger partial charge in [0.2, 0.25) is 5.88 Å². The summed E-state index contributed by atoms with van der Waals surface area (Å²) >= 11 is 1.53. The number of carbonyl (C=O) groups excluding carboxylic acids is 1. The Labute approximate surface area is 198 Å². The molecule has 0 radical (unpaired) electrons. The Balaban J connectivity index is 1.14. The van der Waals surface area contributed by atoms with Crippen LogP contribution in [0.5, 0.6) is 5.88 Å². The monoisotopic (exact) mass is 487 g/mol. The van der Waals surface area contributed by atoms with Crippen LogP contribution < -0.4 is 4.74 Å². The van der Waals surface area contributed by atoms with Crippen molar-refractivity contribution in [2.24, 2.45) is 12.2 Å². The van der Waals surface area contributed by atoms with Crippen LogP contribution in [0.15, 0.2) is 41.0 Å². The standard InChI is InChI=1S/C23H23F2N5O3S/c1-29-8-7-20(27-29)32-12-21(31)30-9-5-14(6-10-30)23-26-18(13-34-23)17-11-19(33-28-17)22-15(24)3-2-4-16(22)25/h2-4,7-8,13-14,19H,5-6,9-12H2,1H3. The van der Waals surface area contributed by atoms with Crippen molar-refractivity contribution in [3.05, 3.63) is 63.7 Å². The number of likely N-dealkylation sites (tertiary alicyclic amines) is 1. The Hall–Kier alpha value is -3.34. The molecular formula is C23H23F2N5O3S. The molecule has 2 aromatic heterocycles. The molecule has 11 heteroatoms. The van der Waals surface area contributed by atoms with Gasteiger partial charge < -0.3 is 14.5 Å². The summed E-state index contributed by atoms with van der Waals surface area (Å²) in [6.45, 7) is 1.22. The van der Waals surface area contributed by atoms with E-state index in [1.807, 2.05) is 5.38 Å². The number of ether oxygens (including phenoxy) is 1. The maximum atomic E-state index is 14.1. The van der Waals surface area contributed by atoms with E-state index >= 15 is 0 Å². The Morgan fingerprint density at radius 3 is 2.71 bits per heavy atom. The maximum absolute atomic E-state index is 14.1. The van der Waals surface area contributed by atoms with Crippen molar-refractivity contribution in [3.8, 4) is 5.88 Å². The van der Waals surface area contributed by atoms with Gasteiger partial charge in [0.15, 0.2) is 12.7 Å². The summed E-state index contributed by atoms with van der Waals surface area (Å²) in [5, 5.41) is 11.0. The molecule has 34 heavy (non-hydrogen) atoms. The quantitative estimate of drug-likeness (QED) is 0.528. The highest BCUT2D eigenvalue weighted by molar-refractivity contribution is 7.10. The minimum atomic E-state index is -0.802. The number of piperidine rings is 1. The van der Waals surface area contributed by atoms with Gasteiger partial charge >= 0.3 is 0 Å². The summed E-state index contributed by atoms with van der Waals surface area (Å²) in [5.41, 5.74) is 1.14. The van der Waals surface area contributed by atoms with Crippen LogP contribution in [0.25, 0.3) is 0 Å². The molecule has 4 heterocycles. The van der Waals surface area contributed by atoms with Gasteiger partial charge in [0, 0.05) is 50.1 Å². The number of carbonyl (C=O) groups is 1. The van der Waals surface area contributed by atoms with Crippen molar-refractivity contribution in [2.75, 3.05) is 19.7 Å². The molecule has 5 rings (SSSR count). The number of benzene rings is 1. The van der Waals surface area contributed by atoms with Crippen LogP contribution in [-0.4, -0.2) is 51.0 Å². The molecule has 178 valence electrons. The Morgan fingerprint density at radius 1 is 1.24 bits per heavy atom. The van der Waals surface area contributed by atoms with E-state index < -0.39 is 17.7 Å². The molecule has 0 N–H and O–H groups in total. The highest BCUT2D eigenvalue weighted by Gasteiger charge is 2.31. The van der Waals surface area contributed by atoms with E-state index in [9.17, 15) is 13.6 Å². The predicted molar refractivity (Wildman–Crippen MR) is 121 cm³/mol. The van der Waals surface area contributed by atoms with Gasteiger partial charge in [-0.3, -0.25) is 9.48 Å². The second-order valence-electron chi connectivity index (χ2n) is 8.31. The molecule has 0 spiro atoms. The van der Waals surface area contributed by atoms with Gasteiger partial charge in [0.25, 0.3) is 5.91 Å². The highest BCUT2D eigenvalue weighted by Crippen LogP contribution is 2.35. The van der Waals surface area contributed by atoms with Gasteiger partial charge in [0.1, 0.15) is 17.3 Å². The van der Waals surface area contributed by atoms with Crippen molar-refractivity contribution in [3.63, 3.8) is 0 Å². The molecule has 3 aromatic rings.